The fourth-order valence-electron chi connectivity index (χ4n) is 8.65. The molecular weight excluding hydrogens is 643 g/mol. The van der Waals surface area contributed by atoms with Crippen molar-refractivity contribution in [3.05, 3.63) is 112 Å². The van der Waals surface area contributed by atoms with Crippen molar-refractivity contribution in [2.45, 2.75) is 57.0 Å². The van der Waals surface area contributed by atoms with E-state index >= 15 is 0 Å². The Morgan fingerprint density at radius 2 is 1.84 bits per heavy atom. The summed E-state index contributed by atoms with van der Waals surface area (Å²) >= 11 is 1.58. The van der Waals surface area contributed by atoms with Crippen molar-refractivity contribution < 1.29 is 18.0 Å². The zero-order chi connectivity index (χ0) is 33.0. The Kier molecular flexibility index (Phi) is 6.19. The van der Waals surface area contributed by atoms with Crippen LogP contribution < -0.4 is 5.32 Å². The maximum Gasteiger partial charge on any atom is 0.257 e. The standard InChI is InChI=1S/C38H30F2N6O2S/c1-19-44-45-36(48-19)30-28(10-4-20-2-6-24(39)7-3-20)42-34-32(37(47)46-18-21-16-38(34,46)17-21)31(30)29-15-23-12-13-41-35(33(23)49-29)43-27-11-5-22-14-25(40)8-9-26(22)27/h2-3,6-9,12-15,21,27H,4-5,10-11,16-18H2,1H3,(H,41,43). The van der Waals surface area contributed by atoms with Crippen LogP contribution in [-0.4, -0.2) is 37.5 Å². The van der Waals surface area contributed by atoms with Gasteiger partial charge in [-0.3, -0.25) is 9.78 Å². The van der Waals surface area contributed by atoms with Gasteiger partial charge in [0.1, 0.15) is 17.5 Å². The number of fused-ring (bicyclic) bond motifs is 3. The zero-order valence-corrected chi connectivity index (χ0v) is 27.4. The van der Waals surface area contributed by atoms with Gasteiger partial charge in [0, 0.05) is 30.1 Å². The van der Waals surface area contributed by atoms with Crippen molar-refractivity contribution in [2.75, 3.05) is 11.9 Å². The average molecular weight is 673 g/mol. The predicted octanol–water partition coefficient (Wildman–Crippen LogP) is 7.95. The molecule has 11 rings (SSSR count). The van der Waals surface area contributed by atoms with E-state index in [1.165, 1.54) is 18.2 Å². The van der Waals surface area contributed by atoms with E-state index in [-0.39, 0.29) is 29.1 Å². The highest BCUT2D eigenvalue weighted by atomic mass is 32.1. The molecule has 8 nitrogen and oxygen atoms in total. The molecule has 1 spiro atoms. The second kappa shape index (κ2) is 10.5. The second-order valence-corrected chi connectivity index (χ2v) is 14.8. The maximum atomic E-state index is 14.4. The molecule has 1 atom stereocenters. The van der Waals surface area contributed by atoms with Crippen LogP contribution in [0.2, 0.25) is 0 Å². The Bertz CT molecular complexity index is 2340. The highest BCUT2D eigenvalue weighted by Crippen LogP contribution is 2.63. The van der Waals surface area contributed by atoms with E-state index in [0.717, 1.165) is 86.7 Å². The minimum Gasteiger partial charge on any atom is -0.421 e. The summed E-state index contributed by atoms with van der Waals surface area (Å²) in [5.41, 5.74) is 6.41. The molecule has 2 saturated heterocycles. The molecule has 1 amide bonds. The molecular formula is C38H30F2N6O2S. The number of hydrogen-bond acceptors (Lipinski definition) is 8. The van der Waals surface area contributed by atoms with Crippen LogP contribution in [0.4, 0.5) is 14.6 Å². The third kappa shape index (κ3) is 4.34. The summed E-state index contributed by atoms with van der Waals surface area (Å²) in [7, 11) is 0. The highest BCUT2D eigenvalue weighted by Gasteiger charge is 2.65. The Morgan fingerprint density at radius 3 is 2.65 bits per heavy atom. The van der Waals surface area contributed by atoms with E-state index in [2.05, 4.69) is 21.6 Å². The van der Waals surface area contributed by atoms with Crippen molar-refractivity contribution in [1.82, 2.24) is 25.1 Å². The van der Waals surface area contributed by atoms with Gasteiger partial charge in [-0.15, -0.1) is 21.5 Å². The molecule has 1 unspecified atom stereocenters. The summed E-state index contributed by atoms with van der Waals surface area (Å²) in [4.78, 5) is 27.4. The molecule has 1 N–H and O–H groups in total. The smallest absolute Gasteiger partial charge is 0.257 e. The van der Waals surface area contributed by atoms with Crippen LogP contribution in [0, 0.1) is 24.5 Å². The molecule has 49 heavy (non-hydrogen) atoms. The van der Waals surface area contributed by atoms with Crippen molar-refractivity contribution in [3.8, 4) is 21.9 Å². The van der Waals surface area contributed by atoms with Crippen molar-refractivity contribution in [3.63, 3.8) is 0 Å². The van der Waals surface area contributed by atoms with Crippen LogP contribution in [0.15, 0.2) is 65.2 Å². The van der Waals surface area contributed by atoms with Crippen molar-refractivity contribution in [2.24, 2.45) is 5.92 Å². The van der Waals surface area contributed by atoms with Gasteiger partial charge in [0.2, 0.25) is 11.8 Å². The van der Waals surface area contributed by atoms with Gasteiger partial charge in [0.05, 0.1) is 38.8 Å². The minimum absolute atomic E-state index is 0.00352. The Labute approximate surface area is 284 Å². The van der Waals surface area contributed by atoms with Gasteiger partial charge in [0.25, 0.3) is 5.91 Å². The number of nitrogens with one attached hydrogen (secondary N) is 1. The number of anilines is 1. The van der Waals surface area contributed by atoms with Gasteiger partial charge >= 0.3 is 0 Å². The Balaban J connectivity index is 1.15. The van der Waals surface area contributed by atoms with Gasteiger partial charge in [-0.2, -0.15) is 0 Å². The number of aromatic nitrogens is 4. The lowest BCUT2D eigenvalue weighted by Gasteiger charge is -2.37. The maximum absolute atomic E-state index is 14.4. The quantitative estimate of drug-likeness (QED) is 0.184. The third-order valence-corrected chi connectivity index (χ3v) is 12.0. The SMILES string of the molecule is Cc1nnc(-c2c(CCc3ccc(F)cc3)nc3c(c2-c2cc4ccnc(NC5CCc6cc(F)ccc65)c4s2)C(=O)N2CC4CC32C4)o1. The number of hydrogen-bond donors (Lipinski definition) is 1. The first-order valence-electron chi connectivity index (χ1n) is 16.7. The molecule has 4 aromatic heterocycles. The van der Waals surface area contributed by atoms with Gasteiger partial charge in [-0.05, 0) is 103 Å². The number of thiophene rings is 1. The van der Waals surface area contributed by atoms with E-state index in [0.29, 0.717) is 41.7 Å². The molecule has 2 bridgehead atoms. The molecule has 2 aliphatic carbocycles. The summed E-state index contributed by atoms with van der Waals surface area (Å²) in [6, 6.07) is 15.7. The number of pyridine rings is 2. The van der Waals surface area contributed by atoms with Gasteiger partial charge in [0.15, 0.2) is 0 Å². The summed E-state index contributed by atoms with van der Waals surface area (Å²) in [5, 5.41) is 13.3. The van der Waals surface area contributed by atoms with E-state index in [4.69, 9.17) is 14.4 Å². The van der Waals surface area contributed by atoms with Crippen molar-refractivity contribution >= 4 is 33.1 Å². The summed E-state index contributed by atoms with van der Waals surface area (Å²) < 4.78 is 34.8. The minimum atomic E-state index is -0.375. The molecule has 11 heteroatoms. The fraction of sp³-hybridized carbons (Fsp3) is 0.289. The molecule has 7 heterocycles. The van der Waals surface area contributed by atoms with Gasteiger partial charge in [-0.25, -0.2) is 13.8 Å². The number of nitrogens with zero attached hydrogens (tertiary/aromatic N) is 5. The molecule has 5 aliphatic rings. The topological polar surface area (TPSA) is 97.0 Å². The first-order valence-corrected chi connectivity index (χ1v) is 17.5. The van der Waals surface area contributed by atoms with Crippen LogP contribution in [0.5, 0.6) is 0 Å². The van der Waals surface area contributed by atoms with Gasteiger partial charge < -0.3 is 14.6 Å². The Hall–Kier alpha value is -5.03. The predicted molar refractivity (Wildman–Crippen MR) is 181 cm³/mol. The van der Waals surface area contributed by atoms with Crippen LogP contribution in [0.25, 0.3) is 32.0 Å². The van der Waals surface area contributed by atoms with E-state index in [1.54, 1.807) is 42.7 Å². The lowest BCUT2D eigenvalue weighted by atomic mass is 9.71. The molecule has 6 aromatic rings. The first-order chi connectivity index (χ1) is 23.8. The lowest BCUT2D eigenvalue weighted by molar-refractivity contribution is 0.0637. The molecule has 2 aromatic carbocycles. The first kappa shape index (κ1) is 28.9. The van der Waals surface area contributed by atoms with Crippen molar-refractivity contribution in [1.29, 1.82) is 0 Å². The number of carbonyl (C=O) groups excluding carboxylic acids is 1. The number of aryl methyl sites for hydroxylation is 4. The zero-order valence-electron chi connectivity index (χ0n) is 26.6. The number of benzene rings is 2. The van der Waals surface area contributed by atoms with E-state index < -0.39 is 0 Å². The third-order valence-electron chi connectivity index (χ3n) is 10.9. The number of amides is 1. The number of carbonyl (C=O) groups is 1. The summed E-state index contributed by atoms with van der Waals surface area (Å²) in [5.74, 6) is 1.51. The number of halogens is 2. The molecule has 3 aliphatic heterocycles. The summed E-state index contributed by atoms with van der Waals surface area (Å²) in [6.07, 6.45) is 6.45. The normalized spacial score (nSPS) is 21.6. The molecule has 1 saturated carbocycles. The summed E-state index contributed by atoms with van der Waals surface area (Å²) in [6.45, 7) is 2.49. The van der Waals surface area contributed by atoms with Crippen LogP contribution >= 0.6 is 11.3 Å². The lowest BCUT2D eigenvalue weighted by Crippen LogP contribution is -2.40. The average Bonchev–Trinajstić information content (AvgIpc) is 3.93. The van der Waals surface area contributed by atoms with Crippen LogP contribution in [0.1, 0.15) is 69.6 Å². The van der Waals surface area contributed by atoms with Gasteiger partial charge in [-0.1, -0.05) is 18.2 Å². The largest absolute Gasteiger partial charge is 0.421 e. The molecule has 0 radical (unpaired) electrons. The molecule has 244 valence electrons. The van der Waals surface area contributed by atoms with E-state index in [1.807, 2.05) is 17.0 Å². The monoisotopic (exact) mass is 672 g/mol. The van der Waals surface area contributed by atoms with Crippen LogP contribution in [0.3, 0.4) is 0 Å². The van der Waals surface area contributed by atoms with E-state index in [9.17, 15) is 13.6 Å². The van der Waals surface area contributed by atoms with Crippen LogP contribution in [-0.2, 0) is 24.8 Å². The highest BCUT2D eigenvalue weighted by molar-refractivity contribution is 7.23. The second-order valence-electron chi connectivity index (χ2n) is 13.8. The fourth-order valence-corrected chi connectivity index (χ4v) is 9.82. The number of rotatable bonds is 7. The molecule has 3 fully saturated rings. The Morgan fingerprint density at radius 1 is 1.00 bits per heavy atom.